The lowest BCUT2D eigenvalue weighted by atomic mass is 10.0. The largest absolute Gasteiger partial charge is 0.367 e. The lowest BCUT2D eigenvalue weighted by Gasteiger charge is -2.36. The van der Waals surface area contributed by atoms with Gasteiger partial charge in [-0.1, -0.05) is 35.9 Å². The Kier molecular flexibility index (Phi) is 7.20. The number of carbonyl (C=O) groups excluding carboxylic acids is 2. The zero-order valence-electron chi connectivity index (χ0n) is 18.9. The van der Waals surface area contributed by atoms with Crippen molar-refractivity contribution in [2.24, 2.45) is 0 Å². The van der Waals surface area contributed by atoms with Crippen molar-refractivity contribution in [3.63, 3.8) is 0 Å². The van der Waals surface area contributed by atoms with Crippen LogP contribution in [0, 0.1) is 12.7 Å². The molecule has 5 nitrogen and oxygen atoms in total. The number of hydrogen-bond donors (Lipinski definition) is 1. The van der Waals surface area contributed by atoms with Crippen LogP contribution in [0.25, 0.3) is 0 Å². The van der Waals surface area contributed by atoms with Gasteiger partial charge in [0.25, 0.3) is 0 Å². The maximum Gasteiger partial charge on any atom is 0.234 e. The van der Waals surface area contributed by atoms with E-state index in [0.717, 1.165) is 10.4 Å². The number of rotatable bonds is 7. The molecule has 1 N–H and O–H groups in total. The molecule has 2 aromatic carbocycles. The molecule has 3 aromatic rings. The van der Waals surface area contributed by atoms with Crippen LogP contribution in [0.15, 0.2) is 60.0 Å². The van der Waals surface area contributed by atoms with Gasteiger partial charge in [0, 0.05) is 36.6 Å². The number of thiophene rings is 1. The first kappa shape index (κ1) is 23.1. The van der Waals surface area contributed by atoms with Crippen LogP contribution in [-0.2, 0) is 4.79 Å². The van der Waals surface area contributed by atoms with E-state index in [2.05, 4.69) is 34.5 Å². The molecule has 1 atom stereocenters. The minimum Gasteiger partial charge on any atom is -0.367 e. The molecule has 0 spiro atoms. The van der Waals surface area contributed by atoms with Gasteiger partial charge in [0.1, 0.15) is 5.82 Å². The Hall–Kier alpha value is -3.03. The summed E-state index contributed by atoms with van der Waals surface area (Å²) >= 11 is 1.63. The Morgan fingerprint density at radius 2 is 1.79 bits per heavy atom. The van der Waals surface area contributed by atoms with Gasteiger partial charge in [0.15, 0.2) is 5.78 Å². The van der Waals surface area contributed by atoms with Crippen molar-refractivity contribution in [1.29, 1.82) is 0 Å². The van der Waals surface area contributed by atoms with Crippen LogP contribution in [0.4, 0.5) is 10.1 Å². The maximum absolute atomic E-state index is 14.5. The van der Waals surface area contributed by atoms with Gasteiger partial charge in [-0.3, -0.25) is 14.5 Å². The summed E-state index contributed by atoms with van der Waals surface area (Å²) in [5, 5.41) is 5.21. The highest BCUT2D eigenvalue weighted by molar-refractivity contribution is 7.10. The van der Waals surface area contributed by atoms with Gasteiger partial charge in [-0.2, -0.15) is 0 Å². The third-order valence-electron chi connectivity index (χ3n) is 5.98. The van der Waals surface area contributed by atoms with Crippen LogP contribution >= 0.6 is 11.3 Å². The Labute approximate surface area is 197 Å². The molecule has 172 valence electrons. The third-order valence-corrected chi connectivity index (χ3v) is 6.92. The van der Waals surface area contributed by atoms with Crippen molar-refractivity contribution in [3.8, 4) is 0 Å². The van der Waals surface area contributed by atoms with Gasteiger partial charge in [-0.15, -0.1) is 11.3 Å². The Bertz CT molecular complexity index is 1110. The van der Waals surface area contributed by atoms with Crippen molar-refractivity contribution in [2.45, 2.75) is 19.9 Å². The Balaban J connectivity index is 1.35. The average Bonchev–Trinajstić information content (AvgIpc) is 3.33. The highest BCUT2D eigenvalue weighted by Crippen LogP contribution is 2.27. The molecule has 0 aliphatic carbocycles. The molecule has 1 fully saturated rings. The molecule has 4 rings (SSSR count). The summed E-state index contributed by atoms with van der Waals surface area (Å²) in [4.78, 5) is 29.5. The number of nitrogens with one attached hydrogen (secondary N) is 1. The fourth-order valence-corrected chi connectivity index (χ4v) is 4.87. The lowest BCUT2D eigenvalue weighted by molar-refractivity contribution is -0.122. The van der Waals surface area contributed by atoms with Crippen molar-refractivity contribution >= 4 is 28.7 Å². The van der Waals surface area contributed by atoms with Crippen LogP contribution in [0.5, 0.6) is 0 Å². The number of nitrogens with zero attached hydrogens (tertiary/aromatic N) is 2. The molecule has 1 amide bonds. The molecule has 33 heavy (non-hydrogen) atoms. The van der Waals surface area contributed by atoms with Crippen LogP contribution in [0.2, 0.25) is 0 Å². The summed E-state index contributed by atoms with van der Waals surface area (Å²) in [6.45, 7) is 6.34. The second-order valence-electron chi connectivity index (χ2n) is 8.41. The predicted octanol–water partition coefficient (Wildman–Crippen LogP) is 4.43. The van der Waals surface area contributed by atoms with Crippen molar-refractivity contribution in [1.82, 2.24) is 10.2 Å². The molecule has 0 radical (unpaired) electrons. The predicted molar refractivity (Wildman–Crippen MR) is 131 cm³/mol. The van der Waals surface area contributed by atoms with Gasteiger partial charge in [0.05, 0.1) is 18.3 Å². The number of benzene rings is 2. The van der Waals surface area contributed by atoms with Crippen LogP contribution < -0.4 is 10.2 Å². The topological polar surface area (TPSA) is 52.7 Å². The fourth-order valence-electron chi connectivity index (χ4n) is 4.07. The number of carbonyl (C=O) groups is 2. The molecule has 1 saturated heterocycles. The van der Waals surface area contributed by atoms with E-state index in [-0.39, 0.29) is 23.5 Å². The SMILES string of the molecule is CC(=O)c1ccc(N2CCN(CC(=O)NC(c3ccc(C)cc3)c3cccs3)CC2)c(F)c1. The van der Waals surface area contributed by atoms with Crippen molar-refractivity contribution in [3.05, 3.63) is 87.4 Å². The second kappa shape index (κ2) is 10.3. The van der Waals surface area contributed by atoms with Crippen LogP contribution in [0.1, 0.15) is 39.3 Å². The van der Waals surface area contributed by atoms with E-state index < -0.39 is 0 Å². The Morgan fingerprint density at radius 3 is 2.39 bits per heavy atom. The summed E-state index contributed by atoms with van der Waals surface area (Å²) in [5.41, 5.74) is 3.12. The molecule has 0 bridgehead atoms. The van der Waals surface area contributed by atoms with Crippen molar-refractivity contribution < 1.29 is 14.0 Å². The van der Waals surface area contributed by atoms with Crippen LogP contribution in [0.3, 0.4) is 0 Å². The molecular formula is C26H28FN3O2S. The summed E-state index contributed by atoms with van der Waals surface area (Å²) in [5.74, 6) is -0.562. The van der Waals surface area contributed by atoms with Crippen LogP contribution in [-0.4, -0.2) is 49.3 Å². The van der Waals surface area contributed by atoms with Gasteiger partial charge < -0.3 is 10.2 Å². The van der Waals surface area contributed by atoms with E-state index in [1.54, 1.807) is 23.5 Å². The molecular weight excluding hydrogens is 437 g/mol. The summed E-state index contributed by atoms with van der Waals surface area (Å²) in [6.07, 6.45) is 0. The normalized spacial score (nSPS) is 15.3. The standard InChI is InChI=1S/C26H28FN3O2S/c1-18-5-7-20(8-6-18)26(24-4-3-15-33-24)28-25(32)17-29-11-13-30(14-12-29)23-10-9-21(19(2)31)16-22(23)27/h3-10,15-16,26H,11-14,17H2,1-2H3,(H,28,32). The first-order valence-electron chi connectivity index (χ1n) is 11.1. The maximum atomic E-state index is 14.5. The first-order chi connectivity index (χ1) is 15.9. The zero-order chi connectivity index (χ0) is 23.4. The highest BCUT2D eigenvalue weighted by atomic mass is 32.1. The minimum atomic E-state index is -0.384. The van der Waals surface area contributed by atoms with Gasteiger partial charge in [-0.05, 0) is 49.1 Å². The molecule has 2 heterocycles. The zero-order valence-corrected chi connectivity index (χ0v) is 19.7. The lowest BCUT2D eigenvalue weighted by Crippen LogP contribution is -2.50. The van der Waals surface area contributed by atoms with Crippen molar-refractivity contribution in [2.75, 3.05) is 37.6 Å². The third kappa shape index (κ3) is 5.67. The molecule has 1 aromatic heterocycles. The number of hydrogen-bond acceptors (Lipinski definition) is 5. The summed E-state index contributed by atoms with van der Waals surface area (Å²) in [6, 6.07) is 16.7. The van der Waals surface area contributed by atoms with Gasteiger partial charge in [0.2, 0.25) is 5.91 Å². The number of Topliss-reactive ketones (excluding diaryl/α,β-unsaturated/α-hetero) is 1. The molecule has 1 aliphatic heterocycles. The monoisotopic (exact) mass is 465 g/mol. The minimum absolute atomic E-state index is 0.0283. The Morgan fingerprint density at radius 1 is 1.06 bits per heavy atom. The quantitative estimate of drug-likeness (QED) is 0.525. The number of anilines is 1. The van der Waals surface area contributed by atoms with E-state index in [9.17, 15) is 14.0 Å². The first-order valence-corrected chi connectivity index (χ1v) is 12.0. The van der Waals surface area contributed by atoms with E-state index >= 15 is 0 Å². The van der Waals surface area contributed by atoms with E-state index in [0.29, 0.717) is 44.0 Å². The molecule has 7 heteroatoms. The number of ketones is 1. The highest BCUT2D eigenvalue weighted by Gasteiger charge is 2.23. The summed E-state index contributed by atoms with van der Waals surface area (Å²) in [7, 11) is 0. The van der Waals surface area contributed by atoms with E-state index in [4.69, 9.17) is 0 Å². The molecule has 1 unspecified atom stereocenters. The fraction of sp³-hybridized carbons (Fsp3) is 0.308. The summed E-state index contributed by atoms with van der Waals surface area (Å²) < 4.78 is 14.5. The number of halogens is 1. The van der Waals surface area contributed by atoms with E-state index in [1.165, 1.54) is 18.6 Å². The molecule has 0 saturated carbocycles. The van der Waals surface area contributed by atoms with Gasteiger partial charge in [-0.25, -0.2) is 4.39 Å². The number of piperazine rings is 1. The number of aryl methyl sites for hydroxylation is 1. The van der Waals surface area contributed by atoms with E-state index in [1.807, 2.05) is 29.3 Å². The number of amides is 1. The smallest absolute Gasteiger partial charge is 0.234 e. The van der Waals surface area contributed by atoms with Gasteiger partial charge >= 0.3 is 0 Å². The average molecular weight is 466 g/mol. The second-order valence-corrected chi connectivity index (χ2v) is 9.39. The molecule has 1 aliphatic rings.